The zero-order chi connectivity index (χ0) is 30.2. The second kappa shape index (κ2) is 14.6. The number of fused-ring (bicyclic) bond motifs is 1. The number of anilines is 2. The van der Waals surface area contributed by atoms with Crippen molar-refractivity contribution in [3.8, 4) is 0 Å². The molecule has 3 heterocycles. The highest BCUT2D eigenvalue weighted by molar-refractivity contribution is 7.60. The largest absolute Gasteiger partial charge is 0.465 e. The maximum absolute atomic E-state index is 14.0. The van der Waals surface area contributed by atoms with Crippen LogP contribution >= 0.6 is 7.44 Å². The Morgan fingerprint density at radius 1 is 1.22 bits per heavy atom. The summed E-state index contributed by atoms with van der Waals surface area (Å²) < 4.78 is 35.9. The summed E-state index contributed by atoms with van der Waals surface area (Å²) in [6.45, 7) is 7.32. The molecule has 228 valence electrons. The van der Waals surface area contributed by atoms with E-state index in [9.17, 15) is 19.3 Å². The van der Waals surface area contributed by atoms with Gasteiger partial charge in [0.15, 0.2) is 23.2 Å². The van der Waals surface area contributed by atoms with Crippen LogP contribution in [-0.2, 0) is 28.4 Å². The van der Waals surface area contributed by atoms with Crippen molar-refractivity contribution >= 4 is 48.0 Å². The Balaban J connectivity index is 1.74. The standard InChI is InChI=1S/C24H40N9O7P/c1-5-7-10-38-22(35)14(3)30-41(37,31-15(4)23(36)39-11-8-6-2)12-9-16-13-17(34)21(40-16)33-20-18(29-32-33)19(25)27-24(26)28-20/h14,16-17,21,34H,5-13H2,1-4H3,(H,30,37)(H4,25,26,27,28)/t14-,16+,17+,21+,41?/m0/s1. The predicted octanol–water partition coefficient (Wildman–Crippen LogP) is 1.74. The number of unbranched alkanes of at least 4 members (excludes halogenated alkanes) is 2. The van der Waals surface area contributed by atoms with E-state index in [1.165, 1.54) is 18.5 Å². The molecule has 2 aromatic heterocycles. The van der Waals surface area contributed by atoms with Crippen LogP contribution in [0.15, 0.2) is 4.76 Å². The summed E-state index contributed by atoms with van der Waals surface area (Å²) in [4.78, 5) is 32.9. The van der Waals surface area contributed by atoms with Crippen LogP contribution in [0.1, 0.15) is 72.4 Å². The summed E-state index contributed by atoms with van der Waals surface area (Å²) in [5.74, 6) is -1.31. The van der Waals surface area contributed by atoms with Crippen molar-refractivity contribution in [2.24, 2.45) is 4.76 Å². The van der Waals surface area contributed by atoms with Gasteiger partial charge in [0.05, 0.1) is 19.3 Å². The van der Waals surface area contributed by atoms with E-state index in [-0.39, 0.29) is 60.9 Å². The Labute approximate surface area is 238 Å². The van der Waals surface area contributed by atoms with E-state index in [2.05, 4.69) is 30.1 Å². The van der Waals surface area contributed by atoms with Gasteiger partial charge in [0, 0.05) is 12.6 Å². The van der Waals surface area contributed by atoms with Gasteiger partial charge in [-0.3, -0.25) is 9.36 Å². The predicted molar refractivity (Wildman–Crippen MR) is 151 cm³/mol. The van der Waals surface area contributed by atoms with Gasteiger partial charge in [-0.2, -0.15) is 14.6 Å². The third kappa shape index (κ3) is 8.64. The number of aromatic nitrogens is 5. The number of hydrogen-bond donors (Lipinski definition) is 4. The third-order valence-electron chi connectivity index (χ3n) is 6.36. The lowest BCUT2D eigenvalue weighted by molar-refractivity contribution is -0.145. The fraction of sp³-hybridized carbons (Fsp3) is 0.708. The number of carbonyl (C=O) groups is 2. The van der Waals surface area contributed by atoms with Gasteiger partial charge in [0.2, 0.25) is 5.95 Å². The summed E-state index contributed by atoms with van der Waals surface area (Å²) in [7, 11) is -3.74. The van der Waals surface area contributed by atoms with Crippen molar-refractivity contribution in [1.29, 1.82) is 0 Å². The lowest BCUT2D eigenvalue weighted by Gasteiger charge is -2.22. The molecule has 0 aromatic carbocycles. The first-order valence-corrected chi connectivity index (χ1v) is 15.6. The average molecular weight is 598 g/mol. The molecule has 5 atom stereocenters. The van der Waals surface area contributed by atoms with Crippen LogP contribution in [0.5, 0.6) is 0 Å². The number of aliphatic hydroxyl groups excluding tert-OH is 1. The van der Waals surface area contributed by atoms with E-state index in [1.54, 1.807) is 0 Å². The van der Waals surface area contributed by atoms with Gasteiger partial charge in [0.25, 0.3) is 7.44 Å². The Kier molecular flexibility index (Phi) is 11.5. The van der Waals surface area contributed by atoms with Gasteiger partial charge in [-0.15, -0.1) is 5.10 Å². The van der Waals surface area contributed by atoms with E-state index < -0.39 is 43.9 Å². The molecular formula is C24H40N9O7P. The molecule has 6 N–H and O–H groups in total. The van der Waals surface area contributed by atoms with Crippen molar-refractivity contribution in [2.75, 3.05) is 30.8 Å². The van der Waals surface area contributed by atoms with Crippen LogP contribution in [0.3, 0.4) is 0 Å². The zero-order valence-electron chi connectivity index (χ0n) is 23.9. The number of carbonyl (C=O) groups excluding carboxylic acids is 2. The second-order valence-electron chi connectivity index (χ2n) is 9.89. The molecule has 0 radical (unpaired) electrons. The molecule has 1 aliphatic heterocycles. The summed E-state index contributed by atoms with van der Waals surface area (Å²) in [5, 5.41) is 21.5. The van der Waals surface area contributed by atoms with Gasteiger partial charge < -0.3 is 30.8 Å². The second-order valence-corrected chi connectivity index (χ2v) is 12.2. The van der Waals surface area contributed by atoms with Crippen LogP contribution in [0.4, 0.5) is 11.8 Å². The SMILES string of the molecule is CCCCOC(=O)C(C)=NP(=O)(CC[C@@H]1C[C@@H](O)[C@H](n2nnc3c(N)nc(N)nc32)O1)N[C@@H](C)C(=O)OCCCC. The minimum absolute atomic E-state index is 0.0404. The molecule has 1 unspecified atom stereocenters. The molecule has 1 fully saturated rings. The molecule has 16 nitrogen and oxygen atoms in total. The summed E-state index contributed by atoms with van der Waals surface area (Å²) >= 11 is 0. The Hall–Kier alpha value is -3.20. The number of nitrogens with zero attached hydrogens (tertiary/aromatic N) is 6. The smallest absolute Gasteiger partial charge is 0.352 e. The van der Waals surface area contributed by atoms with E-state index in [0.717, 1.165) is 12.8 Å². The fourth-order valence-corrected chi connectivity index (χ4v) is 6.33. The number of nitrogens with two attached hydrogens (primary N) is 2. The Bertz CT molecular complexity index is 1290. The zero-order valence-corrected chi connectivity index (χ0v) is 24.7. The fourth-order valence-electron chi connectivity index (χ4n) is 4.13. The van der Waals surface area contributed by atoms with Crippen molar-refractivity contribution in [1.82, 2.24) is 30.0 Å². The number of ether oxygens (including phenoxy) is 3. The van der Waals surface area contributed by atoms with Crippen molar-refractivity contribution in [3.63, 3.8) is 0 Å². The molecule has 0 spiro atoms. The summed E-state index contributed by atoms with van der Waals surface area (Å²) in [6, 6.07) is -0.953. The normalized spacial score (nSPS) is 21.5. The van der Waals surface area contributed by atoms with E-state index in [4.69, 9.17) is 25.7 Å². The molecule has 1 aliphatic rings. The maximum atomic E-state index is 14.0. The number of hydrogen-bond acceptors (Lipinski definition) is 13. The molecule has 3 rings (SSSR count). The monoisotopic (exact) mass is 597 g/mol. The Morgan fingerprint density at radius 2 is 1.90 bits per heavy atom. The molecule has 17 heteroatoms. The van der Waals surface area contributed by atoms with Crippen LogP contribution in [0, 0.1) is 0 Å². The average Bonchev–Trinajstić information content (AvgIpc) is 3.50. The highest BCUT2D eigenvalue weighted by atomic mass is 31.2. The van der Waals surface area contributed by atoms with E-state index in [0.29, 0.717) is 12.8 Å². The molecule has 0 aliphatic carbocycles. The minimum atomic E-state index is -3.74. The molecule has 0 bridgehead atoms. The molecule has 41 heavy (non-hydrogen) atoms. The molecule has 0 saturated carbocycles. The quantitative estimate of drug-likeness (QED) is 0.0991. The number of rotatable bonds is 15. The first-order valence-electron chi connectivity index (χ1n) is 13.7. The number of nitrogen functional groups attached to an aromatic ring is 2. The van der Waals surface area contributed by atoms with E-state index >= 15 is 0 Å². The molecule has 1 saturated heterocycles. The highest BCUT2D eigenvalue weighted by Gasteiger charge is 2.39. The van der Waals surface area contributed by atoms with Crippen LogP contribution in [0.2, 0.25) is 0 Å². The molecule has 0 amide bonds. The van der Waals surface area contributed by atoms with Gasteiger partial charge in [-0.1, -0.05) is 31.9 Å². The van der Waals surface area contributed by atoms with Crippen molar-refractivity contribution in [2.45, 2.75) is 90.7 Å². The van der Waals surface area contributed by atoms with Crippen molar-refractivity contribution < 1.29 is 33.5 Å². The highest BCUT2D eigenvalue weighted by Crippen LogP contribution is 2.46. The maximum Gasteiger partial charge on any atom is 0.352 e. The van der Waals surface area contributed by atoms with Gasteiger partial charge >= 0.3 is 11.9 Å². The Morgan fingerprint density at radius 3 is 2.59 bits per heavy atom. The van der Waals surface area contributed by atoms with E-state index in [1.807, 2.05) is 13.8 Å². The van der Waals surface area contributed by atoms with Gasteiger partial charge in [-0.25, -0.2) is 14.6 Å². The number of nitrogens with one attached hydrogen (secondary N) is 1. The summed E-state index contributed by atoms with van der Waals surface area (Å²) in [5.41, 5.74) is 11.9. The molecular weight excluding hydrogens is 557 g/mol. The number of aliphatic hydroxyl groups is 1. The van der Waals surface area contributed by atoms with Crippen molar-refractivity contribution in [3.05, 3.63) is 0 Å². The van der Waals surface area contributed by atoms with Crippen LogP contribution < -0.4 is 16.6 Å². The number of esters is 2. The first-order chi connectivity index (χ1) is 19.5. The summed E-state index contributed by atoms with van der Waals surface area (Å²) in [6.07, 6.45) is 0.816. The van der Waals surface area contributed by atoms with Gasteiger partial charge in [0.1, 0.15) is 17.9 Å². The van der Waals surface area contributed by atoms with Gasteiger partial charge in [-0.05, 0) is 33.1 Å². The van der Waals surface area contributed by atoms with Crippen LogP contribution in [0.25, 0.3) is 11.2 Å². The topological polar surface area (TPSA) is 232 Å². The lowest BCUT2D eigenvalue weighted by atomic mass is 10.1. The molecule has 2 aromatic rings. The minimum Gasteiger partial charge on any atom is -0.465 e. The lowest BCUT2D eigenvalue weighted by Crippen LogP contribution is -2.34. The van der Waals surface area contributed by atoms with Crippen LogP contribution in [-0.4, -0.2) is 85.3 Å². The third-order valence-corrected chi connectivity index (χ3v) is 8.64. The first kappa shape index (κ1) is 32.3.